The number of methoxy groups -OCH3 is 1. The molecular weight excluding hydrogens is 242 g/mol. The number of aromatic amines is 1. The van der Waals surface area contributed by atoms with E-state index in [1.165, 1.54) is 0 Å². The van der Waals surface area contributed by atoms with Crippen LogP contribution in [0.4, 0.5) is 5.95 Å². The van der Waals surface area contributed by atoms with Crippen LogP contribution in [-0.2, 0) is 10.3 Å². The van der Waals surface area contributed by atoms with Crippen LogP contribution < -0.4 is 10.6 Å². The molecule has 3 N–H and O–H groups in total. The van der Waals surface area contributed by atoms with Crippen molar-refractivity contribution in [1.29, 1.82) is 0 Å². The molecule has 19 heavy (non-hydrogen) atoms. The molecule has 0 radical (unpaired) electrons. The molecule has 1 unspecified atom stereocenters. The van der Waals surface area contributed by atoms with Crippen LogP contribution >= 0.6 is 0 Å². The topological polar surface area (TPSA) is 80.1 Å². The Balaban J connectivity index is 2.01. The largest absolute Gasteiger partial charge is 0.371 e. The van der Waals surface area contributed by atoms with Gasteiger partial charge in [-0.1, -0.05) is 0 Å². The van der Waals surface area contributed by atoms with E-state index >= 15 is 0 Å². The van der Waals surface area contributed by atoms with Crippen LogP contribution in [0.25, 0.3) is 0 Å². The number of nitrogens with one attached hydrogen (secondary N) is 1. The van der Waals surface area contributed by atoms with Gasteiger partial charge in [0.15, 0.2) is 5.82 Å². The maximum atomic E-state index is 5.96. The van der Waals surface area contributed by atoms with Gasteiger partial charge in [0.05, 0.1) is 0 Å². The lowest BCUT2D eigenvalue weighted by atomic mass is 9.91. The van der Waals surface area contributed by atoms with Crippen LogP contribution in [0.15, 0.2) is 0 Å². The number of anilines is 1. The van der Waals surface area contributed by atoms with E-state index < -0.39 is 5.60 Å². The lowest BCUT2D eigenvalue weighted by Gasteiger charge is -2.33. The third-order valence-corrected chi connectivity index (χ3v) is 4.12. The van der Waals surface area contributed by atoms with Crippen LogP contribution in [0.3, 0.4) is 0 Å². The predicted octanol–water partition coefficient (Wildman–Crippen LogP) is 1.25. The molecule has 0 aromatic carbocycles. The Labute approximate surface area is 114 Å². The van der Waals surface area contributed by atoms with E-state index in [1.54, 1.807) is 7.11 Å². The van der Waals surface area contributed by atoms with E-state index in [0.717, 1.165) is 37.7 Å². The van der Waals surface area contributed by atoms with Gasteiger partial charge in [-0.25, -0.2) is 0 Å². The Morgan fingerprint density at radius 2 is 2.05 bits per heavy atom. The van der Waals surface area contributed by atoms with Crippen LogP contribution in [0.2, 0.25) is 0 Å². The second kappa shape index (κ2) is 5.46. The molecule has 1 fully saturated rings. The van der Waals surface area contributed by atoms with Crippen molar-refractivity contribution < 1.29 is 4.74 Å². The minimum absolute atomic E-state index is 0.275. The maximum Gasteiger partial charge on any atom is 0.244 e. The predicted molar refractivity (Wildman–Crippen MR) is 75.0 cm³/mol. The average Bonchev–Trinajstić information content (AvgIpc) is 2.89. The number of ether oxygens (including phenoxy) is 1. The summed E-state index contributed by atoms with van der Waals surface area (Å²) in [6, 6.07) is 0.275. The second-order valence-corrected chi connectivity index (χ2v) is 5.88. The van der Waals surface area contributed by atoms with Crippen molar-refractivity contribution in [2.75, 3.05) is 25.1 Å². The summed E-state index contributed by atoms with van der Waals surface area (Å²) in [5, 5.41) is 7.28. The molecule has 2 heterocycles. The number of H-pyrrole nitrogens is 1. The van der Waals surface area contributed by atoms with E-state index in [1.807, 2.05) is 13.8 Å². The minimum atomic E-state index is -0.435. The van der Waals surface area contributed by atoms with E-state index in [2.05, 4.69) is 27.0 Å². The van der Waals surface area contributed by atoms with E-state index in [4.69, 9.17) is 10.5 Å². The Hall–Kier alpha value is -1.14. The lowest BCUT2D eigenvalue weighted by Crippen LogP contribution is -2.40. The van der Waals surface area contributed by atoms with E-state index in [0.29, 0.717) is 5.92 Å². The molecule has 0 spiro atoms. The zero-order valence-electron chi connectivity index (χ0n) is 12.3. The number of hydrogen-bond donors (Lipinski definition) is 2. The highest BCUT2D eigenvalue weighted by Crippen LogP contribution is 2.25. The molecule has 1 aliphatic heterocycles. The first-order valence-corrected chi connectivity index (χ1v) is 6.92. The maximum absolute atomic E-state index is 5.96. The summed E-state index contributed by atoms with van der Waals surface area (Å²) in [5.41, 5.74) is 5.52. The minimum Gasteiger partial charge on any atom is -0.371 e. The molecule has 6 heteroatoms. The molecule has 0 saturated carbocycles. The number of nitrogens with zero attached hydrogens (tertiary/aromatic N) is 3. The number of piperidine rings is 1. The zero-order chi connectivity index (χ0) is 14.0. The Morgan fingerprint density at radius 1 is 1.42 bits per heavy atom. The number of aromatic nitrogens is 3. The van der Waals surface area contributed by atoms with Crippen LogP contribution in [0.1, 0.15) is 39.4 Å². The molecule has 1 aromatic rings. The molecule has 1 aromatic heterocycles. The summed E-state index contributed by atoms with van der Waals surface area (Å²) >= 11 is 0. The van der Waals surface area contributed by atoms with Gasteiger partial charge < -0.3 is 15.4 Å². The fourth-order valence-electron chi connectivity index (χ4n) is 2.39. The first-order chi connectivity index (χ1) is 8.94. The summed E-state index contributed by atoms with van der Waals surface area (Å²) < 4.78 is 5.40. The first-order valence-electron chi connectivity index (χ1n) is 6.92. The van der Waals surface area contributed by atoms with Crippen LogP contribution in [0, 0.1) is 5.92 Å². The van der Waals surface area contributed by atoms with E-state index in [-0.39, 0.29) is 6.04 Å². The van der Waals surface area contributed by atoms with Crippen molar-refractivity contribution >= 4 is 5.95 Å². The normalized spacial score (nSPS) is 19.7. The SMILES string of the molecule is COC(C)(C)c1nc(N2CCC(C(C)N)CC2)n[nH]1. The fraction of sp³-hybridized carbons (Fsp3) is 0.846. The molecule has 108 valence electrons. The molecule has 1 saturated heterocycles. The zero-order valence-corrected chi connectivity index (χ0v) is 12.3. The van der Waals surface area contributed by atoms with Gasteiger partial charge in [0, 0.05) is 26.2 Å². The van der Waals surface area contributed by atoms with Gasteiger partial charge in [-0.3, -0.25) is 5.10 Å². The van der Waals surface area contributed by atoms with Gasteiger partial charge in [0.2, 0.25) is 5.95 Å². The smallest absolute Gasteiger partial charge is 0.244 e. The van der Waals surface area contributed by atoms with Gasteiger partial charge in [0.25, 0.3) is 0 Å². The molecular formula is C13H25N5O. The highest BCUT2D eigenvalue weighted by Gasteiger charge is 2.27. The summed E-state index contributed by atoms with van der Waals surface area (Å²) in [6.45, 7) is 7.97. The highest BCUT2D eigenvalue weighted by molar-refractivity contribution is 5.30. The monoisotopic (exact) mass is 267 g/mol. The third kappa shape index (κ3) is 3.06. The summed E-state index contributed by atoms with van der Waals surface area (Å²) in [7, 11) is 1.68. The van der Waals surface area contributed by atoms with Crippen molar-refractivity contribution in [2.24, 2.45) is 11.7 Å². The highest BCUT2D eigenvalue weighted by atomic mass is 16.5. The van der Waals surface area contributed by atoms with Crippen molar-refractivity contribution in [3.8, 4) is 0 Å². The van der Waals surface area contributed by atoms with Gasteiger partial charge in [-0.2, -0.15) is 4.98 Å². The summed E-state index contributed by atoms with van der Waals surface area (Å²) in [6.07, 6.45) is 2.21. The quantitative estimate of drug-likeness (QED) is 0.858. The number of nitrogens with two attached hydrogens (primary N) is 1. The molecule has 0 aliphatic carbocycles. The molecule has 2 rings (SSSR count). The van der Waals surface area contributed by atoms with Gasteiger partial charge in [0.1, 0.15) is 5.60 Å². The third-order valence-electron chi connectivity index (χ3n) is 4.12. The Kier molecular flexibility index (Phi) is 4.10. The van der Waals surface area contributed by atoms with Crippen molar-refractivity contribution in [3.05, 3.63) is 5.82 Å². The molecule has 0 amide bonds. The first kappa shape index (κ1) is 14.3. The average molecular weight is 267 g/mol. The summed E-state index contributed by atoms with van der Waals surface area (Å²) in [4.78, 5) is 6.76. The molecule has 1 atom stereocenters. The van der Waals surface area contributed by atoms with Crippen molar-refractivity contribution in [3.63, 3.8) is 0 Å². The standard InChI is InChI=1S/C13H25N5O/c1-9(14)10-5-7-18(8-6-10)12-15-11(16-17-12)13(2,3)19-4/h9-10H,5-8,14H2,1-4H3,(H,15,16,17). The Bertz CT molecular complexity index is 407. The van der Waals surface area contributed by atoms with Gasteiger partial charge in [-0.05, 0) is 39.5 Å². The molecule has 6 nitrogen and oxygen atoms in total. The molecule has 1 aliphatic rings. The fourth-order valence-corrected chi connectivity index (χ4v) is 2.39. The molecule has 0 bridgehead atoms. The van der Waals surface area contributed by atoms with Crippen molar-refractivity contribution in [1.82, 2.24) is 15.2 Å². The second-order valence-electron chi connectivity index (χ2n) is 5.88. The lowest BCUT2D eigenvalue weighted by molar-refractivity contribution is 0.0118. The number of rotatable bonds is 4. The van der Waals surface area contributed by atoms with Gasteiger partial charge in [-0.15, -0.1) is 5.10 Å². The van der Waals surface area contributed by atoms with Gasteiger partial charge >= 0.3 is 0 Å². The summed E-state index contributed by atoms with van der Waals surface area (Å²) in [5.74, 6) is 2.15. The van der Waals surface area contributed by atoms with Crippen LogP contribution in [0.5, 0.6) is 0 Å². The van der Waals surface area contributed by atoms with Crippen LogP contribution in [-0.4, -0.2) is 41.4 Å². The number of hydrogen-bond acceptors (Lipinski definition) is 5. The van der Waals surface area contributed by atoms with E-state index in [9.17, 15) is 0 Å². The Morgan fingerprint density at radius 3 is 2.58 bits per heavy atom. The van der Waals surface area contributed by atoms with Crippen molar-refractivity contribution in [2.45, 2.75) is 45.3 Å².